The number of hydrogen-bond acceptors (Lipinski definition) is 2. The lowest BCUT2D eigenvalue weighted by molar-refractivity contribution is -0.139. The van der Waals surface area contributed by atoms with E-state index in [0.29, 0.717) is 5.56 Å². The standard InChI is InChI=1S/C9H8ClFO2/c1-13-9(12)4-6-2-3-7(11)5-8(6)10/h2-3,5H,4H2,1H3. The fraction of sp³-hybridized carbons (Fsp3) is 0.222. The van der Waals surface area contributed by atoms with Crippen LogP contribution in [0.3, 0.4) is 0 Å². The maximum Gasteiger partial charge on any atom is 0.310 e. The van der Waals surface area contributed by atoms with Crippen molar-refractivity contribution < 1.29 is 13.9 Å². The van der Waals surface area contributed by atoms with Gasteiger partial charge in [0.1, 0.15) is 5.82 Å². The Balaban J connectivity index is 2.83. The van der Waals surface area contributed by atoms with Gasteiger partial charge in [-0.05, 0) is 17.7 Å². The van der Waals surface area contributed by atoms with Gasteiger partial charge in [0.2, 0.25) is 0 Å². The van der Waals surface area contributed by atoms with Crippen LogP contribution >= 0.6 is 11.6 Å². The van der Waals surface area contributed by atoms with Gasteiger partial charge >= 0.3 is 5.97 Å². The first kappa shape index (κ1) is 9.99. The molecule has 1 aromatic rings. The average molecular weight is 203 g/mol. The number of hydrogen-bond donors (Lipinski definition) is 0. The Morgan fingerprint density at radius 3 is 2.85 bits per heavy atom. The number of halogens is 2. The minimum absolute atomic E-state index is 0.0651. The van der Waals surface area contributed by atoms with Gasteiger partial charge in [0.25, 0.3) is 0 Å². The summed E-state index contributed by atoms with van der Waals surface area (Å²) in [5.74, 6) is -0.813. The monoisotopic (exact) mass is 202 g/mol. The second kappa shape index (κ2) is 4.23. The largest absolute Gasteiger partial charge is 0.469 e. The predicted octanol–water partition coefficient (Wildman–Crippen LogP) is 2.19. The van der Waals surface area contributed by atoms with E-state index in [4.69, 9.17) is 11.6 Å². The molecule has 13 heavy (non-hydrogen) atoms. The van der Waals surface area contributed by atoms with Crippen LogP contribution in [0, 0.1) is 5.82 Å². The smallest absolute Gasteiger partial charge is 0.310 e. The van der Waals surface area contributed by atoms with Crippen molar-refractivity contribution in [1.82, 2.24) is 0 Å². The van der Waals surface area contributed by atoms with Crippen LogP contribution in [0.1, 0.15) is 5.56 Å². The van der Waals surface area contributed by atoms with Crippen LogP contribution in [0.4, 0.5) is 4.39 Å². The maximum absolute atomic E-state index is 12.6. The highest BCUT2D eigenvalue weighted by atomic mass is 35.5. The summed E-state index contributed by atoms with van der Waals surface area (Å²) >= 11 is 5.68. The van der Waals surface area contributed by atoms with E-state index >= 15 is 0 Å². The molecule has 0 radical (unpaired) electrons. The maximum atomic E-state index is 12.6. The third-order valence-electron chi connectivity index (χ3n) is 1.58. The molecule has 0 spiro atoms. The van der Waals surface area contributed by atoms with E-state index < -0.39 is 11.8 Å². The number of benzene rings is 1. The number of methoxy groups -OCH3 is 1. The normalized spacial score (nSPS) is 9.77. The molecule has 0 fully saturated rings. The van der Waals surface area contributed by atoms with Gasteiger partial charge in [0, 0.05) is 5.02 Å². The number of carbonyl (C=O) groups is 1. The van der Waals surface area contributed by atoms with Crippen molar-refractivity contribution in [2.24, 2.45) is 0 Å². The van der Waals surface area contributed by atoms with Crippen molar-refractivity contribution in [2.75, 3.05) is 7.11 Å². The summed E-state index contributed by atoms with van der Waals surface area (Å²) in [5.41, 5.74) is 0.565. The first-order chi connectivity index (χ1) is 6.13. The van der Waals surface area contributed by atoms with Crippen molar-refractivity contribution in [1.29, 1.82) is 0 Å². The molecule has 0 saturated heterocycles. The van der Waals surface area contributed by atoms with Crippen LogP contribution in [0.2, 0.25) is 5.02 Å². The van der Waals surface area contributed by atoms with Crippen LogP contribution in [0.5, 0.6) is 0 Å². The van der Waals surface area contributed by atoms with Gasteiger partial charge in [-0.2, -0.15) is 0 Å². The van der Waals surface area contributed by atoms with Crippen LogP contribution in [-0.4, -0.2) is 13.1 Å². The topological polar surface area (TPSA) is 26.3 Å². The third-order valence-corrected chi connectivity index (χ3v) is 1.93. The summed E-state index contributed by atoms with van der Waals surface area (Å²) < 4.78 is 17.0. The van der Waals surface area contributed by atoms with Gasteiger partial charge in [0.15, 0.2) is 0 Å². The molecule has 1 aromatic carbocycles. The second-order valence-electron chi connectivity index (χ2n) is 2.49. The first-order valence-corrected chi connectivity index (χ1v) is 4.02. The van der Waals surface area contributed by atoms with Gasteiger partial charge in [-0.1, -0.05) is 17.7 Å². The van der Waals surface area contributed by atoms with E-state index in [1.165, 1.54) is 25.3 Å². The molecular weight excluding hydrogens is 195 g/mol. The van der Waals surface area contributed by atoms with Crippen LogP contribution in [0.15, 0.2) is 18.2 Å². The Labute approximate surface area is 80.3 Å². The lowest BCUT2D eigenvalue weighted by Crippen LogP contribution is -2.04. The molecule has 0 saturated carbocycles. The lowest BCUT2D eigenvalue weighted by Gasteiger charge is -2.02. The number of carbonyl (C=O) groups excluding carboxylic acids is 1. The molecule has 1 rings (SSSR count). The zero-order valence-corrected chi connectivity index (χ0v) is 7.77. The van der Waals surface area contributed by atoms with Crippen LogP contribution in [0.25, 0.3) is 0 Å². The zero-order chi connectivity index (χ0) is 9.84. The molecule has 0 bridgehead atoms. The van der Waals surface area contributed by atoms with E-state index in [1.807, 2.05) is 0 Å². The molecule has 0 aliphatic heterocycles. The zero-order valence-electron chi connectivity index (χ0n) is 7.01. The summed E-state index contributed by atoms with van der Waals surface area (Å²) in [5, 5.41) is 0.241. The fourth-order valence-corrected chi connectivity index (χ4v) is 1.13. The molecule has 0 heterocycles. The highest BCUT2D eigenvalue weighted by Gasteiger charge is 2.07. The summed E-state index contributed by atoms with van der Waals surface area (Å²) in [7, 11) is 1.29. The fourth-order valence-electron chi connectivity index (χ4n) is 0.893. The molecule has 4 heteroatoms. The summed E-state index contributed by atoms with van der Waals surface area (Å²) in [6, 6.07) is 3.89. The first-order valence-electron chi connectivity index (χ1n) is 3.64. The van der Waals surface area contributed by atoms with Gasteiger partial charge < -0.3 is 4.74 Å². The predicted molar refractivity (Wildman–Crippen MR) is 47.1 cm³/mol. The Bertz CT molecular complexity index is 325. The van der Waals surface area contributed by atoms with E-state index in [2.05, 4.69) is 4.74 Å². The van der Waals surface area contributed by atoms with Crippen molar-refractivity contribution >= 4 is 17.6 Å². The lowest BCUT2D eigenvalue weighted by atomic mass is 10.1. The summed E-state index contributed by atoms with van der Waals surface area (Å²) in [6.07, 6.45) is 0.0651. The van der Waals surface area contributed by atoms with Gasteiger partial charge in [-0.15, -0.1) is 0 Å². The van der Waals surface area contributed by atoms with Gasteiger partial charge in [0.05, 0.1) is 13.5 Å². The van der Waals surface area contributed by atoms with Crippen molar-refractivity contribution in [2.45, 2.75) is 6.42 Å². The molecule has 0 aromatic heterocycles. The Kier molecular flexibility index (Phi) is 3.25. The van der Waals surface area contributed by atoms with Crippen molar-refractivity contribution in [3.63, 3.8) is 0 Å². The van der Waals surface area contributed by atoms with Gasteiger partial charge in [-0.25, -0.2) is 4.39 Å². The molecule has 0 aliphatic carbocycles. The van der Waals surface area contributed by atoms with Crippen LogP contribution < -0.4 is 0 Å². The van der Waals surface area contributed by atoms with Crippen LogP contribution in [-0.2, 0) is 16.0 Å². The average Bonchev–Trinajstić information content (AvgIpc) is 2.09. The highest BCUT2D eigenvalue weighted by molar-refractivity contribution is 6.31. The minimum atomic E-state index is -0.418. The Morgan fingerprint density at radius 2 is 2.31 bits per heavy atom. The molecule has 0 N–H and O–H groups in total. The van der Waals surface area contributed by atoms with E-state index in [9.17, 15) is 9.18 Å². The molecule has 70 valence electrons. The molecule has 2 nitrogen and oxygen atoms in total. The van der Waals surface area contributed by atoms with E-state index in [0.717, 1.165) is 0 Å². The minimum Gasteiger partial charge on any atom is -0.469 e. The SMILES string of the molecule is COC(=O)Cc1ccc(F)cc1Cl. The third kappa shape index (κ3) is 2.70. The van der Waals surface area contributed by atoms with Crippen molar-refractivity contribution in [3.05, 3.63) is 34.6 Å². The Hall–Kier alpha value is -1.09. The summed E-state index contributed by atoms with van der Waals surface area (Å²) in [4.78, 5) is 10.8. The quantitative estimate of drug-likeness (QED) is 0.688. The summed E-state index contributed by atoms with van der Waals surface area (Å²) in [6.45, 7) is 0. The molecular formula is C9H8ClFO2. The number of ether oxygens (including phenoxy) is 1. The second-order valence-corrected chi connectivity index (χ2v) is 2.90. The molecule has 0 aliphatic rings. The molecule has 0 amide bonds. The van der Waals surface area contributed by atoms with E-state index in [1.54, 1.807) is 0 Å². The molecule has 0 atom stereocenters. The van der Waals surface area contributed by atoms with Crippen molar-refractivity contribution in [3.8, 4) is 0 Å². The van der Waals surface area contributed by atoms with Gasteiger partial charge in [-0.3, -0.25) is 4.79 Å². The molecule has 0 unspecified atom stereocenters. The van der Waals surface area contributed by atoms with E-state index in [-0.39, 0.29) is 11.4 Å². The number of rotatable bonds is 2. The number of esters is 1. The highest BCUT2D eigenvalue weighted by Crippen LogP contribution is 2.17. The Morgan fingerprint density at radius 1 is 1.62 bits per heavy atom.